The van der Waals surface area contributed by atoms with E-state index in [1.54, 1.807) is 20.8 Å². The first-order valence-corrected chi connectivity index (χ1v) is 5.42. The Bertz CT molecular complexity index is 468. The van der Waals surface area contributed by atoms with E-state index < -0.39 is 11.5 Å². The summed E-state index contributed by atoms with van der Waals surface area (Å²) < 4.78 is 0. The van der Waals surface area contributed by atoms with E-state index in [1.807, 2.05) is 0 Å². The molecule has 0 fully saturated rings. The predicted molar refractivity (Wildman–Crippen MR) is 62.9 cm³/mol. The third-order valence-corrected chi connectivity index (χ3v) is 2.62. The lowest BCUT2D eigenvalue weighted by Gasteiger charge is -2.10. The molecule has 1 aromatic heterocycles. The van der Waals surface area contributed by atoms with Crippen LogP contribution in [0.3, 0.4) is 0 Å². The summed E-state index contributed by atoms with van der Waals surface area (Å²) in [6, 6.07) is 0. The molecule has 0 aromatic carbocycles. The second-order valence-electron chi connectivity index (χ2n) is 4.14. The minimum atomic E-state index is -0.498. The van der Waals surface area contributed by atoms with E-state index in [4.69, 9.17) is 5.11 Å². The number of aromatic nitrogens is 2. The molecule has 1 rings (SSSR count). The molecule has 0 spiro atoms. The van der Waals surface area contributed by atoms with Crippen LogP contribution >= 0.6 is 0 Å². The number of hydrogen-bond donors (Lipinski definition) is 3. The zero-order valence-electron chi connectivity index (χ0n) is 10.2. The summed E-state index contributed by atoms with van der Waals surface area (Å²) in [6.07, 6.45) is 0. The van der Waals surface area contributed by atoms with E-state index in [-0.39, 0.29) is 18.1 Å². The van der Waals surface area contributed by atoms with Crippen LogP contribution in [0, 0.1) is 19.8 Å². The lowest BCUT2D eigenvalue weighted by atomic mass is 10.1. The number of H-pyrrole nitrogens is 1. The van der Waals surface area contributed by atoms with Crippen molar-refractivity contribution in [1.82, 2.24) is 15.5 Å². The number of aliphatic hydroxyl groups excluding tert-OH is 1. The van der Waals surface area contributed by atoms with Gasteiger partial charge in [-0.25, -0.2) is 5.10 Å². The van der Waals surface area contributed by atoms with Crippen LogP contribution in [-0.2, 0) is 0 Å². The van der Waals surface area contributed by atoms with Gasteiger partial charge in [0.25, 0.3) is 11.5 Å². The molecule has 0 aliphatic heterocycles. The fourth-order valence-corrected chi connectivity index (χ4v) is 1.32. The van der Waals surface area contributed by atoms with E-state index >= 15 is 0 Å². The second-order valence-corrected chi connectivity index (χ2v) is 4.14. The molecule has 0 radical (unpaired) electrons. The fraction of sp³-hybridized carbons (Fsp3) is 0.545. The van der Waals surface area contributed by atoms with Crippen molar-refractivity contribution in [2.24, 2.45) is 5.92 Å². The average Bonchev–Trinajstić information content (AvgIpc) is 2.31. The number of carbonyl (C=O) groups is 1. The van der Waals surface area contributed by atoms with E-state index in [0.29, 0.717) is 17.8 Å². The van der Waals surface area contributed by atoms with E-state index in [1.165, 1.54) is 0 Å². The smallest absolute Gasteiger partial charge is 0.277 e. The van der Waals surface area contributed by atoms with E-state index in [2.05, 4.69) is 15.5 Å². The third-order valence-electron chi connectivity index (χ3n) is 2.62. The van der Waals surface area contributed by atoms with Crippen LogP contribution in [0.5, 0.6) is 0 Å². The molecule has 0 bridgehead atoms. The van der Waals surface area contributed by atoms with Crippen LogP contribution in [0.1, 0.15) is 28.5 Å². The Morgan fingerprint density at radius 2 is 2.18 bits per heavy atom. The van der Waals surface area contributed by atoms with Crippen LogP contribution in [0.15, 0.2) is 4.79 Å². The van der Waals surface area contributed by atoms with Crippen LogP contribution < -0.4 is 10.9 Å². The molecule has 0 saturated carbocycles. The summed E-state index contributed by atoms with van der Waals surface area (Å²) in [5, 5.41) is 17.5. The van der Waals surface area contributed by atoms with Crippen molar-refractivity contribution in [2.45, 2.75) is 20.8 Å². The van der Waals surface area contributed by atoms with Gasteiger partial charge in [-0.15, -0.1) is 0 Å². The summed E-state index contributed by atoms with van der Waals surface area (Å²) in [6.45, 7) is 5.52. The van der Waals surface area contributed by atoms with Gasteiger partial charge in [0.1, 0.15) is 5.56 Å². The summed E-state index contributed by atoms with van der Waals surface area (Å²) in [7, 11) is 0. The highest BCUT2D eigenvalue weighted by Crippen LogP contribution is 2.04. The molecule has 6 heteroatoms. The number of rotatable bonds is 4. The summed E-state index contributed by atoms with van der Waals surface area (Å²) in [4.78, 5) is 23.3. The molecule has 1 heterocycles. The molecular weight excluding hydrogens is 222 g/mol. The SMILES string of the molecule is Cc1n[nH]c(=O)c(C(=O)NCC(C)CO)c1C. The maximum absolute atomic E-state index is 11.8. The monoisotopic (exact) mass is 239 g/mol. The molecule has 1 aromatic rings. The molecule has 0 aliphatic carbocycles. The maximum atomic E-state index is 11.8. The van der Waals surface area contributed by atoms with Gasteiger partial charge in [0.2, 0.25) is 0 Å². The zero-order chi connectivity index (χ0) is 13.0. The molecule has 17 heavy (non-hydrogen) atoms. The first-order valence-electron chi connectivity index (χ1n) is 5.42. The summed E-state index contributed by atoms with van der Waals surface area (Å²) in [5.41, 5.74) is 0.776. The average molecular weight is 239 g/mol. The third kappa shape index (κ3) is 3.13. The van der Waals surface area contributed by atoms with Gasteiger partial charge in [-0.2, -0.15) is 5.10 Å². The Hall–Kier alpha value is -1.69. The number of amides is 1. The van der Waals surface area contributed by atoms with E-state index in [0.717, 1.165) is 0 Å². The van der Waals surface area contributed by atoms with Crippen molar-refractivity contribution in [3.05, 3.63) is 27.2 Å². The Balaban J connectivity index is 2.90. The number of hydrogen-bond acceptors (Lipinski definition) is 4. The molecule has 1 unspecified atom stereocenters. The van der Waals surface area contributed by atoms with Gasteiger partial charge < -0.3 is 10.4 Å². The van der Waals surface area contributed by atoms with Crippen molar-refractivity contribution >= 4 is 5.91 Å². The number of nitrogens with one attached hydrogen (secondary N) is 2. The van der Waals surface area contributed by atoms with Crippen molar-refractivity contribution in [1.29, 1.82) is 0 Å². The lowest BCUT2D eigenvalue weighted by Crippen LogP contribution is -2.34. The van der Waals surface area contributed by atoms with Crippen LogP contribution in [0.4, 0.5) is 0 Å². The highest BCUT2D eigenvalue weighted by Gasteiger charge is 2.16. The molecular formula is C11H17N3O3. The van der Waals surface area contributed by atoms with Gasteiger partial charge in [0.15, 0.2) is 0 Å². The maximum Gasteiger partial charge on any atom is 0.277 e. The topological polar surface area (TPSA) is 95.1 Å². The fourth-order valence-electron chi connectivity index (χ4n) is 1.32. The number of nitrogens with zero attached hydrogens (tertiary/aromatic N) is 1. The largest absolute Gasteiger partial charge is 0.396 e. The second kappa shape index (κ2) is 5.58. The Labute approximate surface area is 99.1 Å². The lowest BCUT2D eigenvalue weighted by molar-refractivity contribution is 0.0939. The molecule has 6 nitrogen and oxygen atoms in total. The van der Waals surface area contributed by atoms with Crippen molar-refractivity contribution in [3.63, 3.8) is 0 Å². The van der Waals surface area contributed by atoms with Crippen LogP contribution in [0.2, 0.25) is 0 Å². The van der Waals surface area contributed by atoms with Gasteiger partial charge >= 0.3 is 0 Å². The van der Waals surface area contributed by atoms with Gasteiger partial charge in [-0.05, 0) is 25.3 Å². The Morgan fingerprint density at radius 1 is 1.53 bits per heavy atom. The molecule has 94 valence electrons. The van der Waals surface area contributed by atoms with Gasteiger partial charge in [0.05, 0.1) is 5.69 Å². The number of aliphatic hydroxyl groups is 1. The van der Waals surface area contributed by atoms with Gasteiger partial charge in [0, 0.05) is 13.2 Å². The predicted octanol–water partition coefficient (Wildman–Crippen LogP) is -0.255. The van der Waals surface area contributed by atoms with Gasteiger partial charge in [-0.3, -0.25) is 9.59 Å². The number of aromatic amines is 1. The minimum absolute atomic E-state index is 0.00894. The molecule has 0 aliphatic rings. The first kappa shape index (κ1) is 13.4. The first-order chi connectivity index (χ1) is 7.97. The Morgan fingerprint density at radius 3 is 2.76 bits per heavy atom. The van der Waals surface area contributed by atoms with E-state index in [9.17, 15) is 9.59 Å². The number of aryl methyl sites for hydroxylation is 1. The minimum Gasteiger partial charge on any atom is -0.396 e. The van der Waals surface area contributed by atoms with Crippen LogP contribution in [0.25, 0.3) is 0 Å². The van der Waals surface area contributed by atoms with Crippen molar-refractivity contribution in [3.8, 4) is 0 Å². The summed E-state index contributed by atoms with van der Waals surface area (Å²) >= 11 is 0. The molecule has 3 N–H and O–H groups in total. The standard InChI is InChI=1S/C11H17N3O3/c1-6(5-15)4-12-10(16)9-7(2)8(3)13-14-11(9)17/h6,15H,4-5H2,1-3H3,(H,12,16)(H,14,17). The van der Waals surface area contributed by atoms with Crippen molar-refractivity contribution in [2.75, 3.05) is 13.2 Å². The molecule has 0 saturated heterocycles. The summed E-state index contributed by atoms with van der Waals surface area (Å²) in [5.74, 6) is -0.476. The normalized spacial score (nSPS) is 12.2. The van der Waals surface area contributed by atoms with Crippen molar-refractivity contribution < 1.29 is 9.90 Å². The Kier molecular flexibility index (Phi) is 4.39. The molecule has 1 amide bonds. The zero-order valence-corrected chi connectivity index (χ0v) is 10.2. The van der Waals surface area contributed by atoms with Gasteiger partial charge in [-0.1, -0.05) is 6.92 Å². The molecule has 1 atom stereocenters. The number of carbonyl (C=O) groups excluding carboxylic acids is 1. The highest BCUT2D eigenvalue weighted by molar-refractivity contribution is 5.95. The van der Waals surface area contributed by atoms with Crippen LogP contribution in [-0.4, -0.2) is 34.4 Å². The highest BCUT2D eigenvalue weighted by atomic mass is 16.3. The quantitative estimate of drug-likeness (QED) is 0.675.